The van der Waals surface area contributed by atoms with Gasteiger partial charge in [-0.1, -0.05) is 22.0 Å². The van der Waals surface area contributed by atoms with Crippen molar-refractivity contribution in [3.63, 3.8) is 0 Å². The molecule has 0 aliphatic carbocycles. The maximum Gasteiger partial charge on any atom is 0.328 e. The fraction of sp³-hybridized carbons (Fsp3) is 0.300. The first kappa shape index (κ1) is 12.5. The highest BCUT2D eigenvalue weighted by Gasteiger charge is 2.22. The minimum absolute atomic E-state index is 0.123. The van der Waals surface area contributed by atoms with Gasteiger partial charge in [-0.15, -0.1) is 11.6 Å². The standard InChI is InChI=1S/C10H9BrClFO2/c1-2-15-10(14)9(12)7-4-3-6(11)5-8(7)13/h3-5,9H,2H2,1H3. The number of esters is 1. The monoisotopic (exact) mass is 294 g/mol. The Labute approximate surface area is 101 Å². The molecular weight excluding hydrogens is 286 g/mol. The van der Waals surface area contributed by atoms with E-state index in [1.54, 1.807) is 13.0 Å². The maximum atomic E-state index is 13.4. The van der Waals surface area contributed by atoms with Crippen LogP contribution in [0.25, 0.3) is 0 Å². The molecule has 0 aliphatic heterocycles. The van der Waals surface area contributed by atoms with Crippen molar-refractivity contribution in [1.29, 1.82) is 0 Å². The summed E-state index contributed by atoms with van der Waals surface area (Å²) in [4.78, 5) is 11.2. The molecule has 0 radical (unpaired) electrons. The van der Waals surface area contributed by atoms with Crippen LogP contribution in [0.15, 0.2) is 22.7 Å². The summed E-state index contributed by atoms with van der Waals surface area (Å²) in [6, 6.07) is 4.32. The Bertz CT molecular complexity index is 370. The van der Waals surface area contributed by atoms with Crippen molar-refractivity contribution in [2.24, 2.45) is 0 Å². The summed E-state index contributed by atoms with van der Waals surface area (Å²) in [6.45, 7) is 1.89. The van der Waals surface area contributed by atoms with Gasteiger partial charge in [-0.3, -0.25) is 4.79 Å². The molecule has 0 saturated heterocycles. The van der Waals surface area contributed by atoms with Crippen molar-refractivity contribution in [2.45, 2.75) is 12.3 Å². The molecule has 1 rings (SSSR count). The summed E-state index contributed by atoms with van der Waals surface area (Å²) in [5.74, 6) is -1.17. The average molecular weight is 296 g/mol. The third-order valence-corrected chi connectivity index (χ3v) is 2.64. The Hall–Kier alpha value is -0.610. The van der Waals surface area contributed by atoms with Crippen LogP contribution in [0.5, 0.6) is 0 Å². The minimum Gasteiger partial charge on any atom is -0.465 e. The number of ether oxygens (including phenoxy) is 1. The Morgan fingerprint density at radius 2 is 2.33 bits per heavy atom. The Balaban J connectivity index is 2.91. The average Bonchev–Trinajstić information content (AvgIpc) is 2.17. The highest BCUT2D eigenvalue weighted by molar-refractivity contribution is 9.10. The number of hydrogen-bond donors (Lipinski definition) is 0. The second-order valence-electron chi connectivity index (χ2n) is 2.78. The number of carbonyl (C=O) groups is 1. The number of carbonyl (C=O) groups excluding carboxylic acids is 1. The first-order valence-electron chi connectivity index (χ1n) is 4.32. The van der Waals surface area contributed by atoms with Crippen molar-refractivity contribution in [1.82, 2.24) is 0 Å². The molecule has 0 heterocycles. The van der Waals surface area contributed by atoms with E-state index in [-0.39, 0.29) is 12.2 Å². The molecule has 0 bridgehead atoms. The summed E-state index contributed by atoms with van der Waals surface area (Å²) in [5, 5.41) is -1.10. The quantitative estimate of drug-likeness (QED) is 0.631. The smallest absolute Gasteiger partial charge is 0.328 e. The summed E-state index contributed by atoms with van der Waals surface area (Å²) < 4.78 is 18.7. The number of benzene rings is 1. The van der Waals surface area contributed by atoms with E-state index in [9.17, 15) is 9.18 Å². The van der Waals surface area contributed by atoms with Gasteiger partial charge in [0, 0.05) is 10.0 Å². The zero-order valence-corrected chi connectivity index (χ0v) is 10.3. The normalized spacial score (nSPS) is 12.3. The molecule has 2 nitrogen and oxygen atoms in total. The van der Waals surface area contributed by atoms with Crippen LogP contribution in [-0.4, -0.2) is 12.6 Å². The molecule has 5 heteroatoms. The van der Waals surface area contributed by atoms with Gasteiger partial charge in [0.1, 0.15) is 5.82 Å². The largest absolute Gasteiger partial charge is 0.465 e. The van der Waals surface area contributed by atoms with Gasteiger partial charge in [0.05, 0.1) is 6.61 Å². The molecule has 0 aliphatic rings. The van der Waals surface area contributed by atoms with E-state index >= 15 is 0 Å². The van der Waals surface area contributed by atoms with Gasteiger partial charge in [-0.05, 0) is 19.1 Å². The molecular formula is C10H9BrClFO2. The van der Waals surface area contributed by atoms with E-state index in [2.05, 4.69) is 15.9 Å². The topological polar surface area (TPSA) is 26.3 Å². The summed E-state index contributed by atoms with van der Waals surface area (Å²) in [5.41, 5.74) is 0.123. The van der Waals surface area contributed by atoms with E-state index in [1.165, 1.54) is 12.1 Å². The third kappa shape index (κ3) is 3.18. The van der Waals surface area contributed by atoms with E-state index in [0.29, 0.717) is 4.47 Å². The van der Waals surface area contributed by atoms with E-state index in [0.717, 1.165) is 0 Å². The molecule has 82 valence electrons. The summed E-state index contributed by atoms with van der Waals surface area (Å²) >= 11 is 8.88. The van der Waals surface area contributed by atoms with Crippen molar-refractivity contribution < 1.29 is 13.9 Å². The first-order valence-corrected chi connectivity index (χ1v) is 5.55. The van der Waals surface area contributed by atoms with Gasteiger partial charge in [-0.25, -0.2) is 4.39 Å². The fourth-order valence-corrected chi connectivity index (χ4v) is 1.62. The Morgan fingerprint density at radius 1 is 1.67 bits per heavy atom. The van der Waals surface area contributed by atoms with Crippen LogP contribution >= 0.6 is 27.5 Å². The van der Waals surface area contributed by atoms with Crippen LogP contribution in [0.2, 0.25) is 0 Å². The fourth-order valence-electron chi connectivity index (χ4n) is 1.05. The van der Waals surface area contributed by atoms with Crippen molar-refractivity contribution in [3.8, 4) is 0 Å². The Morgan fingerprint density at radius 3 is 2.87 bits per heavy atom. The lowest BCUT2D eigenvalue weighted by Gasteiger charge is -2.09. The van der Waals surface area contributed by atoms with Crippen LogP contribution in [0.3, 0.4) is 0 Å². The van der Waals surface area contributed by atoms with Gasteiger partial charge in [0.15, 0.2) is 5.38 Å². The number of rotatable bonds is 3. The van der Waals surface area contributed by atoms with Gasteiger partial charge in [0.2, 0.25) is 0 Å². The molecule has 0 fully saturated rings. The van der Waals surface area contributed by atoms with E-state index in [4.69, 9.17) is 16.3 Å². The zero-order valence-electron chi connectivity index (χ0n) is 7.97. The summed E-state index contributed by atoms with van der Waals surface area (Å²) in [6.07, 6.45) is 0. The molecule has 15 heavy (non-hydrogen) atoms. The van der Waals surface area contributed by atoms with Crippen LogP contribution in [-0.2, 0) is 9.53 Å². The lowest BCUT2D eigenvalue weighted by molar-refractivity contribution is -0.142. The van der Waals surface area contributed by atoms with Crippen molar-refractivity contribution in [3.05, 3.63) is 34.1 Å². The predicted molar refractivity (Wildman–Crippen MR) is 59.3 cm³/mol. The molecule has 1 atom stereocenters. The second-order valence-corrected chi connectivity index (χ2v) is 4.13. The second kappa shape index (κ2) is 5.47. The number of hydrogen-bond acceptors (Lipinski definition) is 2. The molecule has 0 N–H and O–H groups in total. The van der Waals surface area contributed by atoms with Gasteiger partial charge in [-0.2, -0.15) is 0 Å². The van der Waals surface area contributed by atoms with E-state index < -0.39 is 17.2 Å². The molecule has 1 aromatic rings. The first-order chi connectivity index (χ1) is 7.06. The zero-order chi connectivity index (χ0) is 11.4. The third-order valence-electron chi connectivity index (χ3n) is 1.73. The van der Waals surface area contributed by atoms with Gasteiger partial charge in [0.25, 0.3) is 0 Å². The SMILES string of the molecule is CCOC(=O)C(Cl)c1ccc(Br)cc1F. The van der Waals surface area contributed by atoms with Crippen LogP contribution in [0.1, 0.15) is 17.9 Å². The lowest BCUT2D eigenvalue weighted by atomic mass is 10.1. The van der Waals surface area contributed by atoms with Gasteiger partial charge < -0.3 is 4.74 Å². The maximum absolute atomic E-state index is 13.4. The molecule has 1 unspecified atom stereocenters. The number of halogens is 3. The van der Waals surface area contributed by atoms with Crippen molar-refractivity contribution >= 4 is 33.5 Å². The number of alkyl halides is 1. The highest BCUT2D eigenvalue weighted by atomic mass is 79.9. The van der Waals surface area contributed by atoms with Crippen LogP contribution in [0.4, 0.5) is 4.39 Å². The summed E-state index contributed by atoms with van der Waals surface area (Å²) in [7, 11) is 0. The van der Waals surface area contributed by atoms with Gasteiger partial charge >= 0.3 is 5.97 Å². The van der Waals surface area contributed by atoms with Crippen LogP contribution in [0, 0.1) is 5.82 Å². The molecule has 0 spiro atoms. The molecule has 0 amide bonds. The minimum atomic E-state index is -1.10. The van der Waals surface area contributed by atoms with Crippen molar-refractivity contribution in [2.75, 3.05) is 6.61 Å². The van der Waals surface area contributed by atoms with E-state index in [1.807, 2.05) is 0 Å². The Kier molecular flexibility index (Phi) is 4.54. The molecule has 0 aromatic heterocycles. The molecule has 0 saturated carbocycles. The highest BCUT2D eigenvalue weighted by Crippen LogP contribution is 2.26. The van der Waals surface area contributed by atoms with Crippen LogP contribution < -0.4 is 0 Å². The predicted octanol–water partition coefficient (Wildman–Crippen LogP) is 3.43. The molecule has 1 aromatic carbocycles. The lowest BCUT2D eigenvalue weighted by Crippen LogP contribution is -2.12.